The zero-order chi connectivity index (χ0) is 25.1. The zero-order valence-corrected chi connectivity index (χ0v) is 22.7. The number of rotatable bonds is 1. The predicted molar refractivity (Wildman–Crippen MR) is 135 cm³/mol. The molecule has 5 rings (SSSR count). The molecule has 4 nitrogen and oxygen atoms in total. The van der Waals surface area contributed by atoms with Gasteiger partial charge in [0.1, 0.15) is 0 Å². The van der Waals surface area contributed by atoms with Crippen molar-refractivity contribution in [2.24, 2.45) is 50.2 Å². The van der Waals surface area contributed by atoms with Crippen molar-refractivity contribution in [2.45, 2.75) is 118 Å². The second-order valence-corrected chi connectivity index (χ2v) is 15.3. The molecule has 194 valence electrons. The summed E-state index contributed by atoms with van der Waals surface area (Å²) in [6, 6.07) is 0. The van der Waals surface area contributed by atoms with Crippen LogP contribution in [0.15, 0.2) is 11.6 Å². The molecule has 0 aromatic carbocycles. The predicted octanol–water partition coefficient (Wildman–Crippen LogP) is 5.08. The standard InChI is InChI=1S/C30H50O4/c1-25(2)14-19-18-8-9-21-27(5)12-11-22(32)26(3,4)20(27)10-13-28(21,6)29(18,7)23(33)16-30(19,17-31)24(34)15-25/h8,19-24,31-34H,9-17H2,1-7H3/t19-,20-,21+,22-,23?,24-,27-,28+,29-,30-/m0/s1. The third kappa shape index (κ3) is 2.86. The molecular weight excluding hydrogens is 424 g/mol. The average molecular weight is 475 g/mol. The third-order valence-corrected chi connectivity index (χ3v) is 13.2. The van der Waals surface area contributed by atoms with Crippen LogP contribution in [0.5, 0.6) is 0 Å². The number of hydrogen-bond acceptors (Lipinski definition) is 4. The topological polar surface area (TPSA) is 80.9 Å². The number of fused-ring (bicyclic) bond motifs is 7. The highest BCUT2D eigenvalue weighted by molar-refractivity contribution is 5.36. The fraction of sp³-hybridized carbons (Fsp3) is 0.933. The van der Waals surface area contributed by atoms with Crippen molar-refractivity contribution in [2.75, 3.05) is 6.61 Å². The molecule has 0 aromatic rings. The summed E-state index contributed by atoms with van der Waals surface area (Å²) >= 11 is 0. The summed E-state index contributed by atoms with van der Waals surface area (Å²) in [5.74, 6) is 1.04. The van der Waals surface area contributed by atoms with E-state index in [4.69, 9.17) is 0 Å². The van der Waals surface area contributed by atoms with Crippen LogP contribution in [0, 0.1) is 50.2 Å². The SMILES string of the molecule is CC1(C)C[C@H](O)[C@]2(CO)CC(O)[C@]3(C)C(=CC[C@@H]4[C@@]5(C)CC[C@H](O)C(C)(C)[C@@H]5CC[C@]43C)[C@@H]2C1. The lowest BCUT2D eigenvalue weighted by molar-refractivity contribution is -0.236. The number of hydrogen-bond donors (Lipinski definition) is 4. The van der Waals surface area contributed by atoms with E-state index in [0.29, 0.717) is 24.7 Å². The van der Waals surface area contributed by atoms with Crippen LogP contribution < -0.4 is 0 Å². The molecule has 34 heavy (non-hydrogen) atoms. The first-order chi connectivity index (χ1) is 15.6. The Kier molecular flexibility index (Phi) is 5.44. The Morgan fingerprint density at radius 3 is 2.12 bits per heavy atom. The van der Waals surface area contributed by atoms with E-state index in [1.165, 1.54) is 5.57 Å². The van der Waals surface area contributed by atoms with Crippen molar-refractivity contribution < 1.29 is 20.4 Å². The number of aliphatic hydroxyl groups is 4. The molecule has 4 saturated carbocycles. The molecule has 4 N–H and O–H groups in total. The summed E-state index contributed by atoms with van der Waals surface area (Å²) in [7, 11) is 0. The molecule has 0 heterocycles. The van der Waals surface area contributed by atoms with Gasteiger partial charge in [0.25, 0.3) is 0 Å². The van der Waals surface area contributed by atoms with Gasteiger partial charge < -0.3 is 20.4 Å². The quantitative estimate of drug-likeness (QED) is 0.399. The smallest absolute Gasteiger partial charge is 0.0643 e. The maximum absolute atomic E-state index is 12.0. The van der Waals surface area contributed by atoms with Crippen molar-refractivity contribution in [1.82, 2.24) is 0 Å². The van der Waals surface area contributed by atoms with Crippen LogP contribution in [-0.2, 0) is 0 Å². The largest absolute Gasteiger partial charge is 0.396 e. The van der Waals surface area contributed by atoms with E-state index in [1.54, 1.807) is 0 Å². The van der Waals surface area contributed by atoms with Gasteiger partial charge in [-0.25, -0.2) is 0 Å². The normalized spacial score (nSPS) is 55.8. The second-order valence-electron chi connectivity index (χ2n) is 15.3. The summed E-state index contributed by atoms with van der Waals surface area (Å²) in [6.45, 7) is 16.2. The van der Waals surface area contributed by atoms with Crippen molar-refractivity contribution in [3.05, 3.63) is 11.6 Å². The van der Waals surface area contributed by atoms with E-state index in [1.807, 2.05) is 0 Å². The molecule has 0 bridgehead atoms. The van der Waals surface area contributed by atoms with Gasteiger partial charge in [0, 0.05) is 10.8 Å². The van der Waals surface area contributed by atoms with Gasteiger partial charge >= 0.3 is 0 Å². The average Bonchev–Trinajstić information content (AvgIpc) is 2.73. The van der Waals surface area contributed by atoms with E-state index in [-0.39, 0.29) is 45.7 Å². The van der Waals surface area contributed by atoms with Crippen LogP contribution in [-0.4, -0.2) is 45.3 Å². The van der Waals surface area contributed by atoms with Gasteiger partial charge in [0.05, 0.1) is 24.9 Å². The summed E-state index contributed by atoms with van der Waals surface area (Å²) in [4.78, 5) is 0. The van der Waals surface area contributed by atoms with Gasteiger partial charge in [-0.3, -0.25) is 0 Å². The highest BCUT2D eigenvalue weighted by atomic mass is 16.3. The minimum Gasteiger partial charge on any atom is -0.396 e. The Labute approximate surface area is 207 Å². The lowest BCUT2D eigenvalue weighted by Gasteiger charge is -2.72. The van der Waals surface area contributed by atoms with Crippen molar-refractivity contribution in [3.8, 4) is 0 Å². The van der Waals surface area contributed by atoms with Gasteiger partial charge in [-0.1, -0.05) is 60.1 Å². The second kappa shape index (κ2) is 7.33. The van der Waals surface area contributed by atoms with Crippen LogP contribution >= 0.6 is 0 Å². The molecule has 0 aromatic heterocycles. The Balaban J connectivity index is 1.63. The van der Waals surface area contributed by atoms with Gasteiger partial charge in [0.15, 0.2) is 0 Å². The maximum atomic E-state index is 12.0. The van der Waals surface area contributed by atoms with E-state index >= 15 is 0 Å². The number of allylic oxidation sites excluding steroid dienone is 1. The first-order valence-corrected chi connectivity index (χ1v) is 14.0. The highest BCUT2D eigenvalue weighted by Gasteiger charge is 2.71. The van der Waals surface area contributed by atoms with Gasteiger partial charge in [-0.05, 0) is 90.8 Å². The van der Waals surface area contributed by atoms with E-state index in [2.05, 4.69) is 54.5 Å². The van der Waals surface area contributed by atoms with Crippen LogP contribution in [0.1, 0.15) is 99.8 Å². The first-order valence-electron chi connectivity index (χ1n) is 14.0. The molecule has 5 aliphatic carbocycles. The summed E-state index contributed by atoms with van der Waals surface area (Å²) in [5, 5.41) is 44.9. The fourth-order valence-corrected chi connectivity index (χ4v) is 10.9. The molecule has 0 aliphatic heterocycles. The van der Waals surface area contributed by atoms with Crippen LogP contribution in [0.2, 0.25) is 0 Å². The lowest BCUT2D eigenvalue weighted by atomic mass is 9.33. The minimum absolute atomic E-state index is 0.0116. The summed E-state index contributed by atoms with van der Waals surface area (Å²) in [5.41, 5.74) is 0.336. The molecule has 5 aliphatic rings. The van der Waals surface area contributed by atoms with Crippen LogP contribution in [0.3, 0.4) is 0 Å². The molecule has 0 radical (unpaired) electrons. The Morgan fingerprint density at radius 1 is 0.794 bits per heavy atom. The van der Waals surface area contributed by atoms with Crippen LogP contribution in [0.4, 0.5) is 0 Å². The highest BCUT2D eigenvalue weighted by Crippen LogP contribution is 2.75. The van der Waals surface area contributed by atoms with Crippen molar-refractivity contribution in [3.63, 3.8) is 0 Å². The molecule has 1 unspecified atom stereocenters. The fourth-order valence-electron chi connectivity index (χ4n) is 10.9. The monoisotopic (exact) mass is 474 g/mol. The first kappa shape index (κ1) is 25.2. The zero-order valence-electron chi connectivity index (χ0n) is 22.7. The Morgan fingerprint density at radius 2 is 1.47 bits per heavy atom. The molecule has 4 fully saturated rings. The molecule has 4 heteroatoms. The van der Waals surface area contributed by atoms with E-state index in [0.717, 1.165) is 38.5 Å². The van der Waals surface area contributed by atoms with Crippen molar-refractivity contribution >= 4 is 0 Å². The minimum atomic E-state index is -0.637. The van der Waals surface area contributed by atoms with Crippen LogP contribution in [0.25, 0.3) is 0 Å². The Bertz CT molecular complexity index is 877. The molecule has 0 amide bonds. The third-order valence-electron chi connectivity index (χ3n) is 13.2. The van der Waals surface area contributed by atoms with E-state index in [9.17, 15) is 20.4 Å². The summed E-state index contributed by atoms with van der Waals surface area (Å²) in [6.07, 6.45) is 8.22. The van der Waals surface area contributed by atoms with Gasteiger partial charge in [0.2, 0.25) is 0 Å². The number of aliphatic hydroxyl groups excluding tert-OH is 4. The lowest BCUT2D eigenvalue weighted by Crippen LogP contribution is -2.69. The molecule has 10 atom stereocenters. The molecule has 0 spiro atoms. The summed E-state index contributed by atoms with van der Waals surface area (Å²) < 4.78 is 0. The molecular formula is C30H50O4. The van der Waals surface area contributed by atoms with Gasteiger partial charge in [-0.15, -0.1) is 0 Å². The maximum Gasteiger partial charge on any atom is 0.0643 e. The molecule has 0 saturated heterocycles. The van der Waals surface area contributed by atoms with Crippen molar-refractivity contribution in [1.29, 1.82) is 0 Å². The Hall–Kier alpha value is -0.420. The van der Waals surface area contributed by atoms with E-state index < -0.39 is 17.6 Å². The van der Waals surface area contributed by atoms with Gasteiger partial charge in [-0.2, -0.15) is 0 Å².